The summed E-state index contributed by atoms with van der Waals surface area (Å²) in [6, 6.07) is 22.6. The lowest BCUT2D eigenvalue weighted by atomic mass is 9.95. The molecule has 4 nitrogen and oxygen atoms in total. The first kappa shape index (κ1) is 19.8. The van der Waals surface area contributed by atoms with E-state index >= 15 is 0 Å². The van der Waals surface area contributed by atoms with Gasteiger partial charge in [-0.25, -0.2) is 0 Å². The molecule has 1 aliphatic heterocycles. The van der Waals surface area contributed by atoms with Crippen molar-refractivity contribution in [1.29, 1.82) is 0 Å². The molecule has 0 saturated carbocycles. The highest BCUT2D eigenvalue weighted by atomic mass is 35.5. The van der Waals surface area contributed by atoms with Crippen LogP contribution in [0.1, 0.15) is 27.2 Å². The van der Waals surface area contributed by atoms with Gasteiger partial charge < -0.3 is 9.15 Å². The highest BCUT2D eigenvalue weighted by Gasteiger charge is 2.26. The quantitative estimate of drug-likeness (QED) is 0.271. The van der Waals surface area contributed by atoms with Crippen molar-refractivity contribution in [3.05, 3.63) is 106 Å². The van der Waals surface area contributed by atoms with Crippen LogP contribution in [0.2, 0.25) is 5.02 Å². The third-order valence-corrected chi connectivity index (χ3v) is 6.16. The molecule has 0 bridgehead atoms. The first-order valence-electron chi connectivity index (χ1n) is 10.6. The van der Waals surface area contributed by atoms with E-state index in [2.05, 4.69) is 6.07 Å². The number of halogens is 1. The van der Waals surface area contributed by atoms with Gasteiger partial charge in [0.15, 0.2) is 5.76 Å². The molecule has 0 fully saturated rings. The van der Waals surface area contributed by atoms with Gasteiger partial charge in [-0.15, -0.1) is 0 Å². The minimum atomic E-state index is -0.187. The Morgan fingerprint density at radius 2 is 1.85 bits per heavy atom. The molecule has 6 rings (SSSR count). The van der Waals surface area contributed by atoms with Gasteiger partial charge in [-0.05, 0) is 43.3 Å². The number of benzene rings is 3. The molecule has 5 aromatic rings. The number of furan rings is 1. The molecule has 2 aromatic heterocycles. The fourth-order valence-electron chi connectivity index (χ4n) is 4.35. The molecule has 0 amide bonds. The molecular formula is C28H18ClNO3. The maximum absolute atomic E-state index is 13.4. The largest absolute Gasteiger partial charge is 0.488 e. The van der Waals surface area contributed by atoms with Crippen LogP contribution in [0.25, 0.3) is 33.4 Å². The van der Waals surface area contributed by atoms with Crippen molar-refractivity contribution in [3.8, 4) is 28.1 Å². The number of ether oxygens (including phenoxy) is 1. The number of hydrogen-bond acceptors (Lipinski definition) is 4. The van der Waals surface area contributed by atoms with Crippen LogP contribution in [0, 0.1) is 6.92 Å². The molecule has 3 heterocycles. The number of nitrogens with zero attached hydrogens (tertiary/aromatic N) is 1. The van der Waals surface area contributed by atoms with E-state index in [-0.39, 0.29) is 11.5 Å². The Labute approximate surface area is 195 Å². The lowest BCUT2D eigenvalue weighted by Crippen LogP contribution is -2.08. The second-order valence-electron chi connectivity index (χ2n) is 8.16. The number of aryl methyl sites for hydroxylation is 1. The first-order chi connectivity index (χ1) is 16.1. The summed E-state index contributed by atoms with van der Waals surface area (Å²) in [6.45, 7) is 2.45. The Kier molecular flexibility index (Phi) is 4.56. The first-order valence-corrected chi connectivity index (χ1v) is 11.0. The van der Waals surface area contributed by atoms with Crippen LogP contribution < -0.4 is 4.74 Å². The predicted octanol–water partition coefficient (Wildman–Crippen LogP) is 7.25. The number of aromatic nitrogens is 1. The molecule has 3 aromatic carbocycles. The third kappa shape index (κ3) is 3.31. The summed E-state index contributed by atoms with van der Waals surface area (Å²) in [4.78, 5) is 18.2. The van der Waals surface area contributed by atoms with E-state index in [1.54, 1.807) is 30.5 Å². The topological polar surface area (TPSA) is 52.3 Å². The SMILES string of the molecule is Cc1ccc2c(c1)-c1ncc(-c3c(C(=O)c4ccccc4)oc4ccc(Cl)cc34)cc1CO2. The summed E-state index contributed by atoms with van der Waals surface area (Å²) in [5, 5.41) is 1.35. The minimum Gasteiger partial charge on any atom is -0.488 e. The van der Waals surface area contributed by atoms with Crippen LogP contribution in [0.3, 0.4) is 0 Å². The summed E-state index contributed by atoms with van der Waals surface area (Å²) < 4.78 is 12.1. The molecule has 160 valence electrons. The van der Waals surface area contributed by atoms with Gasteiger partial charge in [0, 0.05) is 44.4 Å². The van der Waals surface area contributed by atoms with Gasteiger partial charge in [0.1, 0.15) is 17.9 Å². The Hall–Kier alpha value is -3.89. The van der Waals surface area contributed by atoms with Crippen molar-refractivity contribution in [3.63, 3.8) is 0 Å². The van der Waals surface area contributed by atoms with Gasteiger partial charge in [-0.3, -0.25) is 9.78 Å². The molecule has 0 atom stereocenters. The summed E-state index contributed by atoms with van der Waals surface area (Å²) in [6.07, 6.45) is 1.79. The van der Waals surface area contributed by atoms with Gasteiger partial charge in [-0.2, -0.15) is 0 Å². The number of rotatable bonds is 3. The lowest BCUT2D eigenvalue weighted by Gasteiger charge is -2.21. The zero-order valence-electron chi connectivity index (χ0n) is 17.8. The number of fused-ring (bicyclic) bond motifs is 4. The molecule has 0 unspecified atom stereocenters. The molecule has 33 heavy (non-hydrogen) atoms. The minimum absolute atomic E-state index is 0.187. The van der Waals surface area contributed by atoms with E-state index in [0.717, 1.165) is 39.1 Å². The van der Waals surface area contributed by atoms with E-state index in [4.69, 9.17) is 25.7 Å². The van der Waals surface area contributed by atoms with Crippen LogP contribution in [0.4, 0.5) is 0 Å². The molecule has 0 saturated heterocycles. The average molecular weight is 452 g/mol. The van der Waals surface area contributed by atoms with Gasteiger partial charge in [0.2, 0.25) is 5.78 Å². The van der Waals surface area contributed by atoms with Crippen molar-refractivity contribution < 1.29 is 13.9 Å². The molecule has 1 aliphatic rings. The van der Waals surface area contributed by atoms with Crippen LogP contribution >= 0.6 is 11.6 Å². The van der Waals surface area contributed by atoms with E-state index in [9.17, 15) is 4.79 Å². The van der Waals surface area contributed by atoms with Crippen LogP contribution in [0.5, 0.6) is 5.75 Å². The number of pyridine rings is 1. The molecule has 0 spiro atoms. The Morgan fingerprint density at radius 3 is 2.70 bits per heavy atom. The van der Waals surface area contributed by atoms with E-state index < -0.39 is 0 Å². The highest BCUT2D eigenvalue weighted by molar-refractivity contribution is 6.31. The van der Waals surface area contributed by atoms with Gasteiger partial charge in [0.05, 0.1) is 5.69 Å². The molecule has 0 radical (unpaired) electrons. The van der Waals surface area contributed by atoms with Gasteiger partial charge in [0.25, 0.3) is 0 Å². The lowest BCUT2D eigenvalue weighted by molar-refractivity contribution is 0.101. The van der Waals surface area contributed by atoms with E-state index in [1.165, 1.54) is 0 Å². The monoisotopic (exact) mass is 451 g/mol. The van der Waals surface area contributed by atoms with Crippen molar-refractivity contribution in [1.82, 2.24) is 4.98 Å². The van der Waals surface area contributed by atoms with Crippen molar-refractivity contribution >= 4 is 28.4 Å². The van der Waals surface area contributed by atoms with Crippen LogP contribution in [-0.4, -0.2) is 10.8 Å². The van der Waals surface area contributed by atoms with E-state index in [0.29, 0.717) is 28.3 Å². The number of hydrogen-bond donors (Lipinski definition) is 0. The van der Waals surface area contributed by atoms with Gasteiger partial charge >= 0.3 is 0 Å². The van der Waals surface area contributed by atoms with Crippen LogP contribution in [0.15, 0.2) is 83.4 Å². The summed E-state index contributed by atoms with van der Waals surface area (Å²) >= 11 is 6.31. The number of carbonyl (C=O) groups excluding carboxylic acids is 1. The Morgan fingerprint density at radius 1 is 1.00 bits per heavy atom. The predicted molar refractivity (Wildman–Crippen MR) is 129 cm³/mol. The second kappa shape index (κ2) is 7.61. The van der Waals surface area contributed by atoms with Crippen molar-refractivity contribution in [2.45, 2.75) is 13.5 Å². The summed E-state index contributed by atoms with van der Waals surface area (Å²) in [5.41, 5.74) is 6.60. The highest BCUT2D eigenvalue weighted by Crippen LogP contribution is 2.41. The summed E-state index contributed by atoms with van der Waals surface area (Å²) in [7, 11) is 0. The standard InChI is InChI=1S/C28H18ClNO3/c1-16-7-9-23-22(11-16)26-19(15-32-23)12-18(14-30-26)25-21-13-20(29)8-10-24(21)33-28(25)27(31)17-5-3-2-4-6-17/h2-14H,15H2,1H3. The number of ketones is 1. The second-order valence-corrected chi connectivity index (χ2v) is 8.60. The fraction of sp³-hybridized carbons (Fsp3) is 0.0714. The Balaban J connectivity index is 1.56. The maximum atomic E-state index is 13.4. The third-order valence-electron chi connectivity index (χ3n) is 5.92. The van der Waals surface area contributed by atoms with Crippen LogP contribution in [-0.2, 0) is 6.61 Å². The maximum Gasteiger partial charge on any atom is 0.228 e. The van der Waals surface area contributed by atoms with Crippen molar-refractivity contribution in [2.75, 3.05) is 0 Å². The zero-order chi connectivity index (χ0) is 22.5. The molecular weight excluding hydrogens is 434 g/mol. The number of carbonyl (C=O) groups is 1. The fourth-order valence-corrected chi connectivity index (χ4v) is 4.52. The Bertz CT molecular complexity index is 1550. The smallest absolute Gasteiger partial charge is 0.228 e. The average Bonchev–Trinajstić information content (AvgIpc) is 3.22. The van der Waals surface area contributed by atoms with E-state index in [1.807, 2.05) is 49.4 Å². The molecule has 0 N–H and O–H groups in total. The molecule has 5 heteroatoms. The zero-order valence-corrected chi connectivity index (χ0v) is 18.5. The normalized spacial score (nSPS) is 12.2. The summed E-state index contributed by atoms with van der Waals surface area (Å²) in [5.74, 6) is 0.912. The van der Waals surface area contributed by atoms with Crippen molar-refractivity contribution in [2.24, 2.45) is 0 Å². The molecule has 0 aliphatic carbocycles. The van der Waals surface area contributed by atoms with Gasteiger partial charge in [-0.1, -0.05) is 53.6 Å².